The van der Waals surface area contributed by atoms with Crippen LogP contribution in [0.25, 0.3) is 0 Å². The molecule has 0 aromatic carbocycles. The first-order chi connectivity index (χ1) is 8.75. The Bertz CT molecular complexity index is 382. The number of nitrogens with zero attached hydrogens (tertiary/aromatic N) is 3. The van der Waals surface area contributed by atoms with Crippen LogP contribution in [0.15, 0.2) is 0 Å². The van der Waals surface area contributed by atoms with Crippen LogP contribution in [0.3, 0.4) is 0 Å². The fourth-order valence-electron chi connectivity index (χ4n) is 3.45. The average Bonchev–Trinajstić information content (AvgIpc) is 2.90. The summed E-state index contributed by atoms with van der Waals surface area (Å²) in [7, 11) is 0. The first-order valence-electron chi connectivity index (χ1n) is 6.87. The van der Waals surface area contributed by atoms with Gasteiger partial charge in [0.2, 0.25) is 0 Å². The van der Waals surface area contributed by atoms with E-state index in [0.29, 0.717) is 36.9 Å². The van der Waals surface area contributed by atoms with E-state index in [0.717, 1.165) is 32.4 Å². The Morgan fingerprint density at radius 1 is 1.33 bits per heavy atom. The maximum atomic E-state index is 14.8. The second-order valence-electron chi connectivity index (χ2n) is 5.73. The lowest BCUT2D eigenvalue weighted by Crippen LogP contribution is -2.44. The quantitative estimate of drug-likeness (QED) is 0.851. The Hall–Kier alpha value is -1.04. The normalized spacial score (nSPS) is 36.3. The molecule has 3 rings (SSSR count). The van der Waals surface area contributed by atoms with Gasteiger partial charge in [-0.2, -0.15) is 5.21 Å². The second-order valence-corrected chi connectivity index (χ2v) is 5.73. The molecule has 3 unspecified atom stereocenters. The number of fused-ring (bicyclic) bond motifs is 1. The van der Waals surface area contributed by atoms with E-state index in [2.05, 4.69) is 25.9 Å². The zero-order valence-electron chi connectivity index (χ0n) is 10.5. The lowest BCUT2D eigenvalue weighted by atomic mass is 9.68. The fourth-order valence-corrected chi connectivity index (χ4v) is 3.45. The van der Waals surface area contributed by atoms with Crippen LogP contribution in [0.4, 0.5) is 4.39 Å². The summed E-state index contributed by atoms with van der Waals surface area (Å²) in [4.78, 5) is 0. The maximum absolute atomic E-state index is 14.8. The molecule has 2 aliphatic rings. The van der Waals surface area contributed by atoms with Crippen molar-refractivity contribution in [2.24, 2.45) is 11.8 Å². The number of aromatic amines is 1. The van der Waals surface area contributed by atoms with Crippen molar-refractivity contribution >= 4 is 0 Å². The minimum Gasteiger partial charge on any atom is -0.316 e. The third-order valence-corrected chi connectivity index (χ3v) is 4.54. The summed E-state index contributed by atoms with van der Waals surface area (Å²) in [5.74, 6) is 1.88. The molecule has 0 bridgehead atoms. The van der Waals surface area contributed by atoms with E-state index in [1.807, 2.05) is 0 Å². The van der Waals surface area contributed by atoms with E-state index < -0.39 is 5.67 Å². The van der Waals surface area contributed by atoms with Crippen LogP contribution in [0.5, 0.6) is 0 Å². The average molecular weight is 253 g/mol. The number of piperidine rings is 1. The van der Waals surface area contributed by atoms with Gasteiger partial charge in [0.15, 0.2) is 5.82 Å². The van der Waals surface area contributed by atoms with Crippen LogP contribution >= 0.6 is 0 Å². The summed E-state index contributed by atoms with van der Waals surface area (Å²) in [6, 6.07) is 0. The fraction of sp³-hybridized carbons (Fsp3) is 0.917. The predicted molar refractivity (Wildman–Crippen MR) is 64.7 cm³/mol. The standard InChI is InChI=1S/C12H20FN5/c13-12(5-2-11-15-17-18-16-11)4-1-10-8-14-6-3-9(10)7-12/h9-10,14H,1-8H2,(H,15,16,17,18). The van der Waals surface area contributed by atoms with Crippen molar-refractivity contribution in [1.82, 2.24) is 25.9 Å². The minimum atomic E-state index is -1.01. The van der Waals surface area contributed by atoms with Crippen LogP contribution in [0.1, 0.15) is 37.9 Å². The number of halogens is 1. The summed E-state index contributed by atoms with van der Waals surface area (Å²) in [6.45, 7) is 2.12. The topological polar surface area (TPSA) is 66.5 Å². The number of hydrogen-bond donors (Lipinski definition) is 2. The molecule has 18 heavy (non-hydrogen) atoms. The molecule has 1 aromatic rings. The molecule has 1 aliphatic heterocycles. The van der Waals surface area contributed by atoms with E-state index >= 15 is 0 Å². The molecule has 2 fully saturated rings. The number of H-pyrrole nitrogens is 1. The van der Waals surface area contributed by atoms with E-state index in [1.54, 1.807) is 0 Å². The summed E-state index contributed by atoms with van der Waals surface area (Å²) >= 11 is 0. The van der Waals surface area contributed by atoms with Gasteiger partial charge in [-0.05, 0) is 57.0 Å². The predicted octanol–water partition coefficient (Wildman–Crippen LogP) is 1.25. The molecule has 100 valence electrons. The van der Waals surface area contributed by atoms with Crippen molar-refractivity contribution in [3.05, 3.63) is 5.82 Å². The van der Waals surface area contributed by atoms with Gasteiger partial charge in [0.1, 0.15) is 5.67 Å². The van der Waals surface area contributed by atoms with Gasteiger partial charge in [-0.3, -0.25) is 0 Å². The molecule has 2 N–H and O–H groups in total. The maximum Gasteiger partial charge on any atom is 0.174 e. The Balaban J connectivity index is 1.57. The number of aryl methyl sites for hydroxylation is 1. The van der Waals surface area contributed by atoms with Gasteiger partial charge in [0, 0.05) is 6.42 Å². The van der Waals surface area contributed by atoms with Gasteiger partial charge in [-0.25, -0.2) is 4.39 Å². The SMILES string of the molecule is FC1(CCc2nn[nH]n2)CCC2CNCCC2C1. The molecular formula is C12H20FN5. The number of aromatic nitrogens is 4. The first-order valence-corrected chi connectivity index (χ1v) is 6.87. The van der Waals surface area contributed by atoms with E-state index in [1.165, 1.54) is 0 Å². The Labute approximate surface area is 106 Å². The minimum absolute atomic E-state index is 0.531. The van der Waals surface area contributed by atoms with Gasteiger partial charge in [-0.1, -0.05) is 5.21 Å². The van der Waals surface area contributed by atoms with Crippen molar-refractivity contribution in [3.63, 3.8) is 0 Å². The van der Waals surface area contributed by atoms with Gasteiger partial charge in [0.05, 0.1) is 0 Å². The molecule has 1 saturated carbocycles. The zero-order valence-corrected chi connectivity index (χ0v) is 10.5. The molecule has 0 amide bonds. The summed E-state index contributed by atoms with van der Waals surface area (Å²) in [6.07, 6.45) is 4.66. The van der Waals surface area contributed by atoms with Crippen molar-refractivity contribution < 1.29 is 4.39 Å². The van der Waals surface area contributed by atoms with Crippen LogP contribution in [0, 0.1) is 11.8 Å². The summed E-state index contributed by atoms with van der Waals surface area (Å²) in [5.41, 5.74) is -1.01. The van der Waals surface area contributed by atoms with Crippen molar-refractivity contribution in [2.75, 3.05) is 13.1 Å². The highest BCUT2D eigenvalue weighted by Crippen LogP contribution is 2.43. The molecule has 3 atom stereocenters. The van der Waals surface area contributed by atoms with Crippen LogP contribution in [-0.4, -0.2) is 39.4 Å². The monoisotopic (exact) mass is 253 g/mol. The van der Waals surface area contributed by atoms with Crippen LogP contribution in [-0.2, 0) is 6.42 Å². The number of alkyl halides is 1. The molecule has 5 nitrogen and oxygen atoms in total. The van der Waals surface area contributed by atoms with Gasteiger partial charge < -0.3 is 5.32 Å². The smallest absolute Gasteiger partial charge is 0.174 e. The third kappa shape index (κ3) is 2.53. The molecule has 0 radical (unpaired) electrons. The second kappa shape index (κ2) is 4.91. The van der Waals surface area contributed by atoms with Gasteiger partial charge in [0.25, 0.3) is 0 Å². The van der Waals surface area contributed by atoms with E-state index in [9.17, 15) is 4.39 Å². The molecule has 1 aliphatic carbocycles. The Morgan fingerprint density at radius 3 is 3.11 bits per heavy atom. The highest BCUT2D eigenvalue weighted by atomic mass is 19.1. The molecule has 6 heteroatoms. The molecule has 1 saturated heterocycles. The van der Waals surface area contributed by atoms with E-state index in [-0.39, 0.29) is 0 Å². The lowest BCUT2D eigenvalue weighted by Gasteiger charge is -2.42. The largest absolute Gasteiger partial charge is 0.316 e. The first kappa shape index (κ1) is 12.0. The van der Waals surface area contributed by atoms with Crippen LogP contribution < -0.4 is 5.32 Å². The summed E-state index contributed by atoms with van der Waals surface area (Å²) < 4.78 is 14.8. The number of rotatable bonds is 3. The summed E-state index contributed by atoms with van der Waals surface area (Å²) in [5, 5.41) is 17.1. The van der Waals surface area contributed by atoms with E-state index in [4.69, 9.17) is 0 Å². The van der Waals surface area contributed by atoms with Crippen molar-refractivity contribution in [3.8, 4) is 0 Å². The zero-order chi connectivity index (χ0) is 12.4. The third-order valence-electron chi connectivity index (χ3n) is 4.54. The number of tetrazole rings is 1. The Kier molecular flexibility index (Phi) is 3.28. The van der Waals surface area contributed by atoms with Gasteiger partial charge >= 0.3 is 0 Å². The molecule has 1 aromatic heterocycles. The Morgan fingerprint density at radius 2 is 2.28 bits per heavy atom. The number of hydrogen-bond acceptors (Lipinski definition) is 4. The van der Waals surface area contributed by atoms with Crippen LogP contribution in [0.2, 0.25) is 0 Å². The highest BCUT2D eigenvalue weighted by Gasteiger charge is 2.41. The molecule has 0 spiro atoms. The van der Waals surface area contributed by atoms with Crippen molar-refractivity contribution in [1.29, 1.82) is 0 Å². The van der Waals surface area contributed by atoms with Crippen molar-refractivity contribution in [2.45, 2.75) is 44.2 Å². The lowest BCUT2D eigenvalue weighted by molar-refractivity contribution is 0.0227. The number of nitrogens with one attached hydrogen (secondary N) is 2. The van der Waals surface area contributed by atoms with Gasteiger partial charge in [-0.15, -0.1) is 10.2 Å². The molecule has 2 heterocycles. The molecular weight excluding hydrogens is 233 g/mol. The highest BCUT2D eigenvalue weighted by molar-refractivity contribution is 4.95.